The summed E-state index contributed by atoms with van der Waals surface area (Å²) in [5.74, 6) is 0.614. The van der Waals surface area contributed by atoms with Crippen LogP contribution in [0, 0.1) is 20.2 Å². The quantitative estimate of drug-likeness (QED) is 0.602. The van der Waals surface area contributed by atoms with Gasteiger partial charge in [-0.15, -0.1) is 0 Å². The van der Waals surface area contributed by atoms with Gasteiger partial charge >= 0.3 is 17.3 Å². The minimum Gasteiger partial charge on any atom is -0.370 e. The summed E-state index contributed by atoms with van der Waals surface area (Å²) in [4.78, 5) is 28.7. The Morgan fingerprint density at radius 1 is 1.14 bits per heavy atom. The van der Waals surface area contributed by atoms with Crippen LogP contribution in [0.5, 0.6) is 0 Å². The molecule has 110 valence electrons. The lowest BCUT2D eigenvalue weighted by Gasteiger charge is -2.20. The number of hydrogen-bond donors (Lipinski definition) is 2. The van der Waals surface area contributed by atoms with E-state index in [4.69, 9.17) is 4.74 Å². The molecule has 1 aromatic heterocycles. The number of nitrogens with zero attached hydrogens (tertiary/aromatic N) is 3. The topological polar surface area (TPSA) is 129 Å². The summed E-state index contributed by atoms with van der Waals surface area (Å²) in [6.07, 6.45) is 0. The largest absolute Gasteiger partial charge is 0.370 e. The fourth-order valence-corrected chi connectivity index (χ4v) is 2.35. The Labute approximate surface area is 117 Å². The molecule has 2 aromatic rings. The Hall–Kier alpha value is -2.59. The number of ether oxygens (including phenoxy) is 1. The van der Waals surface area contributed by atoms with Crippen molar-refractivity contribution >= 4 is 28.4 Å². The van der Waals surface area contributed by atoms with Gasteiger partial charge in [-0.25, -0.2) is 0 Å². The Bertz CT molecular complexity index is 670. The number of quaternary nitrogens is 1. The molecule has 1 aliphatic rings. The van der Waals surface area contributed by atoms with E-state index in [1.54, 1.807) is 0 Å². The SMILES string of the molecule is O=[N+]([O-])c1cc2nc([NH+]3CCOCC3)[nH]c2cc1[N+](=O)[O-]. The third kappa shape index (κ3) is 2.41. The molecule has 1 aromatic carbocycles. The third-order valence-corrected chi connectivity index (χ3v) is 3.40. The van der Waals surface area contributed by atoms with Crippen molar-refractivity contribution in [2.24, 2.45) is 0 Å². The van der Waals surface area contributed by atoms with Gasteiger partial charge in [-0.05, 0) is 0 Å². The fourth-order valence-electron chi connectivity index (χ4n) is 2.35. The van der Waals surface area contributed by atoms with Crippen LogP contribution in [-0.4, -0.2) is 46.1 Å². The molecular weight excluding hydrogens is 282 g/mol. The summed E-state index contributed by atoms with van der Waals surface area (Å²) in [7, 11) is 0. The summed E-state index contributed by atoms with van der Waals surface area (Å²) in [5, 5.41) is 21.8. The van der Waals surface area contributed by atoms with Gasteiger partial charge < -0.3 is 4.74 Å². The molecule has 0 bridgehead atoms. The van der Waals surface area contributed by atoms with E-state index >= 15 is 0 Å². The first-order valence-electron chi connectivity index (χ1n) is 6.31. The highest BCUT2D eigenvalue weighted by atomic mass is 16.6. The molecule has 3 rings (SSSR count). The number of morpholine rings is 1. The standard InChI is InChI=1S/C11H11N5O5/c17-15(18)9-5-7-8(6-10(9)16(19)20)13-11(12-7)14-1-3-21-4-2-14/h5-6H,1-4H2,(H,12,13)/p+1. The predicted molar refractivity (Wildman–Crippen MR) is 70.6 cm³/mol. The van der Waals surface area contributed by atoms with Gasteiger partial charge in [0.1, 0.15) is 18.6 Å². The Kier molecular flexibility index (Phi) is 3.23. The van der Waals surface area contributed by atoms with Gasteiger partial charge in [-0.1, -0.05) is 0 Å². The second kappa shape index (κ2) is 5.07. The van der Waals surface area contributed by atoms with Crippen LogP contribution in [0.4, 0.5) is 17.3 Å². The van der Waals surface area contributed by atoms with E-state index in [1.807, 2.05) is 0 Å². The maximum Gasteiger partial charge on any atom is 0.348 e. The average Bonchev–Trinajstić information content (AvgIpc) is 2.89. The van der Waals surface area contributed by atoms with Crippen LogP contribution in [0.25, 0.3) is 11.0 Å². The highest BCUT2D eigenvalue weighted by Gasteiger charge is 2.28. The van der Waals surface area contributed by atoms with Crippen LogP contribution < -0.4 is 4.90 Å². The number of nitrogens with one attached hydrogen (secondary N) is 2. The Morgan fingerprint density at radius 2 is 1.76 bits per heavy atom. The average molecular weight is 294 g/mol. The first kappa shape index (κ1) is 13.4. The summed E-state index contributed by atoms with van der Waals surface area (Å²) in [6.45, 7) is 2.66. The molecule has 21 heavy (non-hydrogen) atoms. The number of imidazole rings is 1. The van der Waals surface area contributed by atoms with Crippen molar-refractivity contribution in [2.45, 2.75) is 0 Å². The summed E-state index contributed by atoms with van der Waals surface area (Å²) in [5.41, 5.74) is -0.329. The van der Waals surface area contributed by atoms with E-state index < -0.39 is 21.2 Å². The lowest BCUT2D eigenvalue weighted by atomic mass is 10.2. The zero-order valence-corrected chi connectivity index (χ0v) is 10.9. The number of aromatic amines is 1. The normalized spacial score (nSPS) is 16.2. The van der Waals surface area contributed by atoms with Crippen molar-refractivity contribution in [3.8, 4) is 0 Å². The first-order valence-corrected chi connectivity index (χ1v) is 6.31. The van der Waals surface area contributed by atoms with Crippen LogP contribution in [-0.2, 0) is 4.74 Å². The molecule has 2 N–H and O–H groups in total. The van der Waals surface area contributed by atoms with Gasteiger partial charge in [0.25, 0.3) is 0 Å². The Morgan fingerprint density at radius 3 is 2.38 bits per heavy atom. The molecule has 2 heterocycles. The highest BCUT2D eigenvalue weighted by Crippen LogP contribution is 2.31. The molecule has 0 unspecified atom stereocenters. The summed E-state index contributed by atoms with van der Waals surface area (Å²) < 4.78 is 5.26. The van der Waals surface area contributed by atoms with E-state index in [1.165, 1.54) is 0 Å². The van der Waals surface area contributed by atoms with Crippen molar-refractivity contribution < 1.29 is 19.5 Å². The molecule has 0 spiro atoms. The molecule has 10 heteroatoms. The molecule has 10 nitrogen and oxygen atoms in total. The van der Waals surface area contributed by atoms with Crippen molar-refractivity contribution in [1.29, 1.82) is 0 Å². The number of rotatable bonds is 3. The highest BCUT2D eigenvalue weighted by molar-refractivity contribution is 5.83. The number of fused-ring (bicyclic) bond motifs is 1. The molecule has 0 atom stereocenters. The fraction of sp³-hybridized carbons (Fsp3) is 0.364. The minimum atomic E-state index is -0.770. The van der Waals surface area contributed by atoms with E-state index in [-0.39, 0.29) is 0 Å². The molecule has 1 aliphatic heterocycles. The van der Waals surface area contributed by atoms with Gasteiger partial charge in [-0.2, -0.15) is 4.98 Å². The van der Waals surface area contributed by atoms with Gasteiger partial charge in [-0.3, -0.25) is 30.1 Å². The summed E-state index contributed by atoms with van der Waals surface area (Å²) in [6, 6.07) is 2.29. The maximum absolute atomic E-state index is 10.9. The lowest BCUT2D eigenvalue weighted by Crippen LogP contribution is -3.10. The number of benzene rings is 1. The monoisotopic (exact) mass is 294 g/mol. The van der Waals surface area contributed by atoms with Crippen LogP contribution in [0.1, 0.15) is 0 Å². The maximum atomic E-state index is 10.9. The van der Waals surface area contributed by atoms with Crippen LogP contribution >= 0.6 is 0 Å². The van der Waals surface area contributed by atoms with E-state index in [0.717, 1.165) is 30.1 Å². The van der Waals surface area contributed by atoms with Crippen LogP contribution in [0.15, 0.2) is 12.1 Å². The second-order valence-electron chi connectivity index (χ2n) is 4.67. The third-order valence-electron chi connectivity index (χ3n) is 3.40. The molecule has 0 radical (unpaired) electrons. The molecule has 0 amide bonds. The van der Waals surface area contributed by atoms with E-state index in [0.29, 0.717) is 30.2 Å². The number of nitro groups is 2. The Balaban J connectivity index is 2.08. The van der Waals surface area contributed by atoms with Crippen molar-refractivity contribution in [3.05, 3.63) is 32.4 Å². The molecular formula is C11H12N5O5+. The smallest absolute Gasteiger partial charge is 0.348 e. The van der Waals surface area contributed by atoms with Crippen molar-refractivity contribution in [3.63, 3.8) is 0 Å². The van der Waals surface area contributed by atoms with E-state index in [9.17, 15) is 20.2 Å². The molecule has 1 saturated heterocycles. The number of H-pyrrole nitrogens is 1. The van der Waals surface area contributed by atoms with Gasteiger partial charge in [0, 0.05) is 6.07 Å². The minimum absolute atomic E-state index is 0.348. The zero-order chi connectivity index (χ0) is 15.0. The summed E-state index contributed by atoms with van der Waals surface area (Å²) >= 11 is 0. The van der Waals surface area contributed by atoms with Gasteiger partial charge in [0.05, 0.1) is 34.6 Å². The predicted octanol–water partition coefficient (Wildman–Crippen LogP) is -0.0741. The van der Waals surface area contributed by atoms with Crippen LogP contribution in [0.2, 0.25) is 0 Å². The van der Waals surface area contributed by atoms with Crippen LogP contribution in [0.3, 0.4) is 0 Å². The molecule has 0 saturated carbocycles. The second-order valence-corrected chi connectivity index (χ2v) is 4.67. The van der Waals surface area contributed by atoms with Gasteiger partial charge in [0.2, 0.25) is 0 Å². The van der Waals surface area contributed by atoms with Crippen molar-refractivity contribution in [2.75, 3.05) is 26.3 Å². The number of hydrogen-bond acceptors (Lipinski definition) is 6. The zero-order valence-electron chi connectivity index (χ0n) is 10.9. The molecule has 1 fully saturated rings. The molecule has 0 aliphatic carbocycles. The van der Waals surface area contributed by atoms with Crippen molar-refractivity contribution in [1.82, 2.24) is 9.97 Å². The number of aromatic nitrogens is 2. The number of nitro benzene ring substituents is 2. The van der Waals surface area contributed by atoms with Gasteiger partial charge in [0.15, 0.2) is 0 Å². The first-order chi connectivity index (χ1) is 10.1. The lowest BCUT2D eigenvalue weighted by molar-refractivity contribution is -0.847. The van der Waals surface area contributed by atoms with E-state index in [2.05, 4.69) is 9.97 Å².